The second-order valence-corrected chi connectivity index (χ2v) is 10.1. The smallest absolute Gasteiger partial charge is 0.481 e. The fraction of sp³-hybridized carbons (Fsp3) is 0.650. The molecule has 3 rings (SSSR count). The molecule has 2 fully saturated rings. The summed E-state index contributed by atoms with van der Waals surface area (Å²) in [6.45, 7) is 3.29. The van der Waals surface area contributed by atoms with Crippen LogP contribution >= 0.6 is 0 Å². The van der Waals surface area contributed by atoms with Crippen LogP contribution in [0.25, 0.3) is 0 Å². The van der Waals surface area contributed by atoms with Crippen molar-refractivity contribution in [1.29, 1.82) is 0 Å². The number of sulfonamides is 1. The molecule has 1 spiro atoms. The van der Waals surface area contributed by atoms with Gasteiger partial charge in [-0.1, -0.05) is 6.07 Å². The van der Waals surface area contributed by atoms with Crippen molar-refractivity contribution in [2.24, 2.45) is 0 Å². The van der Waals surface area contributed by atoms with E-state index in [0.29, 0.717) is 12.4 Å². The fourth-order valence-corrected chi connectivity index (χ4v) is 5.47. The van der Waals surface area contributed by atoms with E-state index in [4.69, 9.17) is 24.5 Å². The van der Waals surface area contributed by atoms with E-state index in [1.54, 1.807) is 17.6 Å². The Hall–Kier alpha value is -2.66. The Morgan fingerprint density at radius 3 is 1.92 bits per heavy atom. The van der Waals surface area contributed by atoms with Gasteiger partial charge >= 0.3 is 24.3 Å². The summed E-state index contributed by atoms with van der Waals surface area (Å²) in [4.78, 5) is 24.4. The highest BCUT2D eigenvalue weighted by atomic mass is 32.2. The van der Waals surface area contributed by atoms with Gasteiger partial charge < -0.3 is 14.9 Å². The quantitative estimate of drug-likeness (QED) is 0.526. The second-order valence-electron chi connectivity index (χ2n) is 8.22. The molecule has 0 aromatic carbocycles. The molecule has 0 saturated carbocycles. The number of hydrogen-bond donors (Lipinski definition) is 2. The van der Waals surface area contributed by atoms with Gasteiger partial charge in [0.2, 0.25) is 15.9 Å². The molecule has 2 N–H and O–H groups in total. The molecule has 0 atom stereocenters. The number of nitrogens with zero attached hydrogens (tertiary/aromatic N) is 3. The first kappa shape index (κ1) is 32.4. The maximum Gasteiger partial charge on any atom is 0.490 e. The minimum absolute atomic E-state index is 0.150. The first-order valence-electron chi connectivity index (χ1n) is 10.6. The lowest BCUT2D eigenvalue weighted by Gasteiger charge is -2.43. The van der Waals surface area contributed by atoms with E-state index in [1.807, 2.05) is 12.1 Å². The first-order valence-corrected chi connectivity index (χ1v) is 12.5. The molecule has 0 aliphatic carbocycles. The molecule has 0 amide bonds. The molecular weight excluding hydrogens is 540 g/mol. The molecule has 2 saturated heterocycles. The van der Waals surface area contributed by atoms with Crippen LogP contribution in [-0.4, -0.2) is 95.6 Å². The van der Waals surface area contributed by atoms with Crippen molar-refractivity contribution in [2.75, 3.05) is 33.0 Å². The highest BCUT2D eigenvalue weighted by molar-refractivity contribution is 7.88. The highest BCUT2D eigenvalue weighted by Gasteiger charge is 2.47. The van der Waals surface area contributed by atoms with Gasteiger partial charge in [0.15, 0.2) is 0 Å². The van der Waals surface area contributed by atoms with Crippen molar-refractivity contribution < 1.29 is 59.3 Å². The number of carboxylic acids is 2. The van der Waals surface area contributed by atoms with Crippen molar-refractivity contribution in [1.82, 2.24) is 14.2 Å². The summed E-state index contributed by atoms with van der Waals surface area (Å²) in [5.74, 6) is -4.84. The number of pyridine rings is 1. The standard InChI is InChI=1S/C16H25N3O3S.2C2HF3O2/c1-22-15-14(5-3-9-17-15)13-18-11-7-16(8-12-18)6-4-10-19(16)23(2,20)21;2*3-2(4,5)1(6)7/h3,5,9H,4,6-8,10-13H2,1-2H3;2*(H,6,7). The third kappa shape index (κ3) is 9.96. The molecule has 1 aromatic heterocycles. The molecule has 0 radical (unpaired) electrons. The zero-order valence-corrected chi connectivity index (χ0v) is 20.7. The summed E-state index contributed by atoms with van der Waals surface area (Å²) in [7, 11) is -1.47. The summed E-state index contributed by atoms with van der Waals surface area (Å²) in [5.41, 5.74) is 0.931. The number of hydrogen-bond acceptors (Lipinski definition) is 7. The molecule has 2 aliphatic rings. The van der Waals surface area contributed by atoms with Gasteiger partial charge in [-0.15, -0.1) is 0 Å². The largest absolute Gasteiger partial charge is 0.490 e. The summed E-state index contributed by atoms with van der Waals surface area (Å²) < 4.78 is 94.6. The van der Waals surface area contributed by atoms with Crippen LogP contribution in [0.3, 0.4) is 0 Å². The van der Waals surface area contributed by atoms with Gasteiger partial charge in [-0.2, -0.15) is 30.6 Å². The number of halogens is 6. The van der Waals surface area contributed by atoms with Gasteiger partial charge in [0.05, 0.1) is 13.4 Å². The number of aromatic nitrogens is 1. The minimum Gasteiger partial charge on any atom is -0.481 e. The monoisotopic (exact) mass is 567 g/mol. The van der Waals surface area contributed by atoms with Crippen LogP contribution in [0.2, 0.25) is 0 Å². The predicted octanol–water partition coefficient (Wildman–Crippen LogP) is 2.75. The highest BCUT2D eigenvalue weighted by Crippen LogP contribution is 2.40. The normalized spacial score (nSPS) is 18.3. The Labute approximate surface area is 208 Å². The van der Waals surface area contributed by atoms with E-state index in [9.17, 15) is 34.8 Å². The van der Waals surface area contributed by atoms with Gasteiger partial charge in [-0.3, -0.25) is 4.90 Å². The Balaban J connectivity index is 0.000000404. The van der Waals surface area contributed by atoms with Crippen molar-refractivity contribution in [2.45, 2.75) is 50.1 Å². The third-order valence-electron chi connectivity index (χ3n) is 5.64. The lowest BCUT2D eigenvalue weighted by molar-refractivity contribution is -0.193. The van der Waals surface area contributed by atoms with Crippen LogP contribution < -0.4 is 4.74 Å². The van der Waals surface area contributed by atoms with E-state index < -0.39 is 34.3 Å². The zero-order chi connectivity index (χ0) is 28.7. The lowest BCUT2D eigenvalue weighted by atomic mass is 9.86. The maximum absolute atomic E-state index is 12.1. The van der Waals surface area contributed by atoms with E-state index >= 15 is 0 Å². The second kappa shape index (κ2) is 12.7. The van der Waals surface area contributed by atoms with Gasteiger partial charge in [-0.05, 0) is 31.7 Å². The number of ether oxygens (including phenoxy) is 1. The number of methoxy groups -OCH3 is 1. The molecule has 212 valence electrons. The van der Waals surface area contributed by atoms with Crippen LogP contribution in [0.1, 0.15) is 31.2 Å². The molecule has 10 nitrogen and oxygen atoms in total. The number of aliphatic carboxylic acids is 2. The summed E-state index contributed by atoms with van der Waals surface area (Å²) in [5, 5.41) is 14.2. The van der Waals surface area contributed by atoms with Gasteiger partial charge in [-0.25, -0.2) is 23.0 Å². The molecule has 0 unspecified atom stereocenters. The third-order valence-corrected chi connectivity index (χ3v) is 7.01. The summed E-state index contributed by atoms with van der Waals surface area (Å²) >= 11 is 0. The average molecular weight is 568 g/mol. The van der Waals surface area contributed by atoms with Crippen molar-refractivity contribution in [3.8, 4) is 5.88 Å². The Morgan fingerprint density at radius 1 is 1.03 bits per heavy atom. The SMILES string of the molecule is COc1ncccc1CN1CCC2(CCCN2S(C)(=O)=O)CC1.O=C(O)C(F)(F)F.O=C(O)C(F)(F)F. The zero-order valence-electron chi connectivity index (χ0n) is 19.8. The van der Waals surface area contributed by atoms with Crippen molar-refractivity contribution in [3.05, 3.63) is 23.9 Å². The molecular formula is C20H27F6N3O7S. The van der Waals surface area contributed by atoms with Crippen LogP contribution in [-0.2, 0) is 26.2 Å². The van der Waals surface area contributed by atoms with Gasteiger partial charge in [0.1, 0.15) is 0 Å². The van der Waals surface area contributed by atoms with Crippen molar-refractivity contribution in [3.63, 3.8) is 0 Å². The number of rotatable bonds is 4. The Kier molecular flexibility index (Phi) is 11.1. The maximum atomic E-state index is 12.1. The molecule has 37 heavy (non-hydrogen) atoms. The van der Waals surface area contributed by atoms with E-state index in [2.05, 4.69) is 9.88 Å². The molecule has 1 aromatic rings. The van der Waals surface area contributed by atoms with Crippen LogP contribution in [0.15, 0.2) is 18.3 Å². The topological polar surface area (TPSA) is 137 Å². The summed E-state index contributed by atoms with van der Waals surface area (Å²) in [6, 6.07) is 3.96. The summed E-state index contributed by atoms with van der Waals surface area (Å²) in [6.07, 6.45) is -3.32. The molecule has 17 heteroatoms. The van der Waals surface area contributed by atoms with E-state index in [0.717, 1.165) is 50.9 Å². The van der Waals surface area contributed by atoms with Crippen LogP contribution in [0, 0.1) is 0 Å². The minimum atomic E-state index is -5.08. The van der Waals surface area contributed by atoms with Gasteiger partial charge in [0.25, 0.3) is 0 Å². The van der Waals surface area contributed by atoms with E-state index in [-0.39, 0.29) is 5.54 Å². The van der Waals surface area contributed by atoms with Gasteiger partial charge in [0, 0.05) is 43.5 Å². The van der Waals surface area contributed by atoms with E-state index in [1.165, 1.54) is 6.26 Å². The van der Waals surface area contributed by atoms with Crippen LogP contribution in [0.4, 0.5) is 26.3 Å². The molecule has 3 heterocycles. The fourth-order valence-electron chi connectivity index (χ4n) is 4.03. The lowest BCUT2D eigenvalue weighted by Crippen LogP contribution is -2.53. The number of carboxylic acid groups (broad SMARTS) is 2. The van der Waals surface area contributed by atoms with Crippen LogP contribution in [0.5, 0.6) is 5.88 Å². The van der Waals surface area contributed by atoms with Crippen molar-refractivity contribution >= 4 is 22.0 Å². The number of piperidine rings is 1. The molecule has 2 aliphatic heterocycles. The number of carbonyl (C=O) groups is 2. The Morgan fingerprint density at radius 2 is 1.51 bits per heavy atom. The Bertz CT molecular complexity index is 1000. The average Bonchev–Trinajstić information content (AvgIpc) is 3.19. The molecule has 0 bridgehead atoms. The number of alkyl halides is 6. The number of likely N-dealkylation sites (tertiary alicyclic amines) is 1. The predicted molar refractivity (Wildman–Crippen MR) is 116 cm³/mol. The first-order chi connectivity index (χ1) is 16.8.